The molecule has 0 spiro atoms. The van der Waals surface area contributed by atoms with E-state index in [0.29, 0.717) is 0 Å². The molecule has 20 heavy (non-hydrogen) atoms. The van der Waals surface area contributed by atoms with Crippen LogP contribution in [-0.4, -0.2) is 62.2 Å². The van der Waals surface area contributed by atoms with Crippen LogP contribution in [0.25, 0.3) is 0 Å². The fourth-order valence-electron chi connectivity index (χ4n) is 3.82. The number of rotatable bonds is 5. The Kier molecular flexibility index (Phi) is 7.32. The van der Waals surface area contributed by atoms with E-state index in [9.17, 15) is 0 Å². The summed E-state index contributed by atoms with van der Waals surface area (Å²) in [7, 11) is 2.26. The molecule has 2 fully saturated rings. The average Bonchev–Trinajstić information content (AvgIpc) is 2.78. The second-order valence-electron chi connectivity index (χ2n) is 6.92. The van der Waals surface area contributed by atoms with Crippen LogP contribution in [0.5, 0.6) is 0 Å². The van der Waals surface area contributed by atoms with E-state index in [1.807, 2.05) is 0 Å². The van der Waals surface area contributed by atoms with E-state index in [0.717, 1.165) is 12.0 Å². The lowest BCUT2D eigenvalue weighted by atomic mass is 9.93. The van der Waals surface area contributed by atoms with Gasteiger partial charge in [0.2, 0.25) is 0 Å². The number of hydrogen-bond acceptors (Lipinski definition) is 3. The molecule has 1 aliphatic carbocycles. The first kappa shape index (κ1) is 16.3. The number of hydrogen-bond donors (Lipinski definition) is 1. The molecule has 0 aromatic carbocycles. The topological polar surface area (TPSA) is 18.5 Å². The van der Waals surface area contributed by atoms with Crippen molar-refractivity contribution in [1.82, 2.24) is 15.1 Å². The molecule has 2 unspecified atom stereocenters. The molecule has 2 atom stereocenters. The fraction of sp³-hybridized carbons (Fsp3) is 1.00. The molecule has 3 nitrogen and oxygen atoms in total. The Labute approximate surface area is 126 Å². The molecular weight excluding hydrogens is 246 g/mol. The minimum atomic E-state index is 0.776. The molecule has 3 heteroatoms. The normalized spacial score (nSPS) is 30.9. The minimum absolute atomic E-state index is 0.776. The van der Waals surface area contributed by atoms with Gasteiger partial charge in [-0.25, -0.2) is 0 Å². The Hall–Kier alpha value is -0.120. The molecule has 0 radical (unpaired) electrons. The minimum Gasteiger partial charge on any atom is -0.314 e. The summed E-state index contributed by atoms with van der Waals surface area (Å²) in [6.07, 6.45) is 9.77. The summed E-state index contributed by atoms with van der Waals surface area (Å²) in [5.41, 5.74) is 0. The number of nitrogens with zero attached hydrogens (tertiary/aromatic N) is 2. The molecule has 2 rings (SSSR count). The lowest BCUT2D eigenvalue weighted by molar-refractivity contribution is 0.198. The third-order valence-corrected chi connectivity index (χ3v) is 5.12. The Morgan fingerprint density at radius 1 is 0.950 bits per heavy atom. The summed E-state index contributed by atoms with van der Waals surface area (Å²) < 4.78 is 0. The second-order valence-corrected chi connectivity index (χ2v) is 6.92. The van der Waals surface area contributed by atoms with Gasteiger partial charge in [0, 0.05) is 25.7 Å². The van der Waals surface area contributed by atoms with Crippen LogP contribution >= 0.6 is 0 Å². The van der Waals surface area contributed by atoms with Gasteiger partial charge in [-0.15, -0.1) is 0 Å². The third-order valence-electron chi connectivity index (χ3n) is 5.12. The van der Waals surface area contributed by atoms with Crippen molar-refractivity contribution in [3.8, 4) is 0 Å². The Morgan fingerprint density at radius 3 is 2.65 bits per heavy atom. The zero-order chi connectivity index (χ0) is 14.2. The van der Waals surface area contributed by atoms with Crippen molar-refractivity contribution < 1.29 is 0 Å². The Bertz CT molecular complexity index is 257. The van der Waals surface area contributed by atoms with E-state index in [-0.39, 0.29) is 0 Å². The maximum atomic E-state index is 3.84. The number of nitrogens with one attached hydrogen (secondary N) is 1. The van der Waals surface area contributed by atoms with Crippen molar-refractivity contribution in [2.75, 3.05) is 46.3 Å². The lowest BCUT2D eigenvalue weighted by Gasteiger charge is -2.31. The molecule has 1 aliphatic heterocycles. The van der Waals surface area contributed by atoms with Crippen molar-refractivity contribution in [3.05, 3.63) is 0 Å². The predicted molar refractivity (Wildman–Crippen MR) is 87.2 cm³/mol. The van der Waals surface area contributed by atoms with Gasteiger partial charge in [0.15, 0.2) is 0 Å². The van der Waals surface area contributed by atoms with Crippen molar-refractivity contribution in [1.29, 1.82) is 0 Å². The van der Waals surface area contributed by atoms with E-state index in [2.05, 4.69) is 29.1 Å². The van der Waals surface area contributed by atoms with Gasteiger partial charge in [0.1, 0.15) is 0 Å². The maximum Gasteiger partial charge on any atom is 0.0109 e. The zero-order valence-corrected chi connectivity index (χ0v) is 13.7. The average molecular weight is 281 g/mol. The highest BCUT2D eigenvalue weighted by molar-refractivity contribution is 4.82. The summed E-state index contributed by atoms with van der Waals surface area (Å²) in [6, 6.07) is 0.776. The molecular formula is C17H35N3. The van der Waals surface area contributed by atoms with Crippen LogP contribution in [0.15, 0.2) is 0 Å². The quantitative estimate of drug-likeness (QED) is 0.782. The first-order valence-corrected chi connectivity index (χ1v) is 8.94. The van der Waals surface area contributed by atoms with Crippen molar-refractivity contribution in [2.24, 2.45) is 5.92 Å². The van der Waals surface area contributed by atoms with Crippen LogP contribution in [0, 0.1) is 5.92 Å². The maximum absolute atomic E-state index is 3.84. The highest BCUT2D eigenvalue weighted by atomic mass is 15.2. The number of likely N-dealkylation sites (N-methyl/N-ethyl adjacent to an activating group) is 1. The van der Waals surface area contributed by atoms with Gasteiger partial charge in [-0.2, -0.15) is 0 Å². The molecule has 1 N–H and O–H groups in total. The molecule has 0 aromatic heterocycles. The molecule has 1 heterocycles. The lowest BCUT2D eigenvalue weighted by Crippen LogP contribution is -2.43. The molecule has 0 amide bonds. The van der Waals surface area contributed by atoms with E-state index in [1.54, 1.807) is 0 Å². The van der Waals surface area contributed by atoms with Crippen LogP contribution in [-0.2, 0) is 0 Å². The summed E-state index contributed by atoms with van der Waals surface area (Å²) >= 11 is 0. The monoisotopic (exact) mass is 281 g/mol. The van der Waals surface area contributed by atoms with Crippen LogP contribution in [0.4, 0.5) is 0 Å². The van der Waals surface area contributed by atoms with Gasteiger partial charge < -0.3 is 15.1 Å². The Balaban J connectivity index is 1.85. The van der Waals surface area contributed by atoms with Gasteiger partial charge in [-0.3, -0.25) is 0 Å². The highest BCUT2D eigenvalue weighted by Crippen LogP contribution is 2.25. The van der Waals surface area contributed by atoms with Crippen molar-refractivity contribution in [2.45, 2.75) is 57.9 Å². The van der Waals surface area contributed by atoms with Crippen LogP contribution in [0.2, 0.25) is 0 Å². The first-order chi connectivity index (χ1) is 9.79. The summed E-state index contributed by atoms with van der Waals surface area (Å²) in [5, 5.41) is 3.84. The molecule has 2 aliphatic rings. The first-order valence-electron chi connectivity index (χ1n) is 8.94. The van der Waals surface area contributed by atoms with Crippen LogP contribution in [0.3, 0.4) is 0 Å². The van der Waals surface area contributed by atoms with E-state index in [1.165, 1.54) is 84.2 Å². The van der Waals surface area contributed by atoms with Crippen LogP contribution < -0.4 is 5.32 Å². The molecule has 0 bridgehead atoms. The SMILES string of the molecule is CCCNC1CCCCCC1CN1CCCN(C)CC1. The molecule has 0 aromatic rings. The van der Waals surface area contributed by atoms with Crippen LogP contribution in [0.1, 0.15) is 51.9 Å². The van der Waals surface area contributed by atoms with E-state index in [4.69, 9.17) is 0 Å². The van der Waals surface area contributed by atoms with Crippen molar-refractivity contribution >= 4 is 0 Å². The van der Waals surface area contributed by atoms with Gasteiger partial charge in [0.05, 0.1) is 0 Å². The second kappa shape index (κ2) is 9.01. The summed E-state index contributed by atoms with van der Waals surface area (Å²) in [4.78, 5) is 5.22. The summed E-state index contributed by atoms with van der Waals surface area (Å²) in [6.45, 7) is 9.91. The molecule has 118 valence electrons. The highest BCUT2D eigenvalue weighted by Gasteiger charge is 2.25. The third kappa shape index (κ3) is 5.34. The zero-order valence-electron chi connectivity index (χ0n) is 13.7. The fourth-order valence-corrected chi connectivity index (χ4v) is 3.82. The van der Waals surface area contributed by atoms with Gasteiger partial charge >= 0.3 is 0 Å². The van der Waals surface area contributed by atoms with E-state index < -0.39 is 0 Å². The molecule has 1 saturated carbocycles. The molecule has 1 saturated heterocycles. The van der Waals surface area contributed by atoms with Crippen molar-refractivity contribution in [3.63, 3.8) is 0 Å². The predicted octanol–water partition coefficient (Wildman–Crippen LogP) is 2.57. The van der Waals surface area contributed by atoms with E-state index >= 15 is 0 Å². The Morgan fingerprint density at radius 2 is 1.80 bits per heavy atom. The smallest absolute Gasteiger partial charge is 0.0109 e. The van der Waals surface area contributed by atoms with Gasteiger partial charge in [-0.1, -0.05) is 26.2 Å². The van der Waals surface area contributed by atoms with Gasteiger partial charge in [0.25, 0.3) is 0 Å². The van der Waals surface area contributed by atoms with Gasteiger partial charge in [-0.05, 0) is 58.3 Å². The largest absolute Gasteiger partial charge is 0.314 e. The standard InChI is InChI=1S/C17H35N3/c1-3-10-18-17-9-6-4-5-8-16(17)15-20-12-7-11-19(2)13-14-20/h16-18H,3-15H2,1-2H3. The summed E-state index contributed by atoms with van der Waals surface area (Å²) in [5.74, 6) is 0.882.